The zero-order chi connectivity index (χ0) is 21.9. The number of carbonyl (C=O) groups is 2. The van der Waals surface area contributed by atoms with Gasteiger partial charge < -0.3 is 18.8 Å². The largest absolute Gasteiger partial charge is 0.497 e. The van der Waals surface area contributed by atoms with Gasteiger partial charge in [0.15, 0.2) is 5.06 Å². The van der Waals surface area contributed by atoms with Gasteiger partial charge in [-0.3, -0.25) is 0 Å². The van der Waals surface area contributed by atoms with Gasteiger partial charge in [0.2, 0.25) is 0 Å². The van der Waals surface area contributed by atoms with E-state index in [-0.39, 0.29) is 11.1 Å². The summed E-state index contributed by atoms with van der Waals surface area (Å²) < 4.78 is 19.1. The van der Waals surface area contributed by atoms with Crippen molar-refractivity contribution >= 4 is 55.4 Å². The number of carbonyl (C=O) groups excluding carboxylic acids is 2. The first-order chi connectivity index (χ1) is 15.0. The first kappa shape index (κ1) is 19.4. The lowest BCUT2D eigenvalue weighted by molar-refractivity contribution is -0.149. The van der Waals surface area contributed by atoms with E-state index in [1.54, 1.807) is 14.2 Å². The first-order valence-corrected chi connectivity index (χ1v) is 10.5. The van der Waals surface area contributed by atoms with Gasteiger partial charge in [0, 0.05) is 39.3 Å². The summed E-state index contributed by atoms with van der Waals surface area (Å²) in [6.07, 6.45) is 0. The van der Waals surface area contributed by atoms with Crippen LogP contribution in [-0.4, -0.2) is 30.7 Å². The zero-order valence-electron chi connectivity index (χ0n) is 17.4. The molecular weight excluding hydrogens is 414 g/mol. The Morgan fingerprint density at radius 2 is 1.61 bits per heavy atom. The summed E-state index contributed by atoms with van der Waals surface area (Å²) in [7, 11) is 5.08. The van der Waals surface area contributed by atoms with Gasteiger partial charge in [-0.1, -0.05) is 29.5 Å². The second-order valence-electron chi connectivity index (χ2n) is 7.29. The van der Waals surface area contributed by atoms with E-state index in [1.807, 2.05) is 61.0 Å². The molecule has 0 atom stereocenters. The highest BCUT2D eigenvalue weighted by molar-refractivity contribution is 7.21. The van der Waals surface area contributed by atoms with Crippen LogP contribution in [0.25, 0.3) is 32.1 Å². The molecule has 3 heterocycles. The monoisotopic (exact) mass is 433 g/mol. The van der Waals surface area contributed by atoms with Crippen LogP contribution in [0.15, 0.2) is 42.5 Å². The number of thiophene rings is 1. The van der Waals surface area contributed by atoms with Gasteiger partial charge >= 0.3 is 11.9 Å². The number of hydrogen-bond donors (Lipinski definition) is 0. The standard InChI is InChI=1S/C24H19NO5S/c1-12-18(15-11-13(28-3)9-10-16(15)25(12)2)20-21(23(27)30-22(20)26)19-14-7-5-6-8-17(14)31-24(19)29-4/h5-11H,1-4H3. The summed E-state index contributed by atoms with van der Waals surface area (Å²) in [4.78, 5) is 26.0. The fourth-order valence-electron chi connectivity index (χ4n) is 4.24. The maximum absolute atomic E-state index is 13.0. The first-order valence-electron chi connectivity index (χ1n) is 9.66. The third-order valence-electron chi connectivity index (χ3n) is 5.79. The minimum absolute atomic E-state index is 0.234. The molecule has 2 aromatic carbocycles. The SMILES string of the molecule is COc1ccc2c(c1)c(C1=C(c3c(OC)sc4ccccc34)C(=O)OC1=O)c(C)n2C. The topological polar surface area (TPSA) is 66.8 Å². The summed E-state index contributed by atoms with van der Waals surface area (Å²) in [5.74, 6) is -0.658. The smallest absolute Gasteiger partial charge is 0.347 e. The van der Waals surface area contributed by atoms with Gasteiger partial charge in [-0.05, 0) is 31.2 Å². The normalized spacial score (nSPS) is 14.1. The molecule has 0 fully saturated rings. The minimum atomic E-state index is -0.666. The van der Waals surface area contributed by atoms with Crippen LogP contribution in [0.4, 0.5) is 0 Å². The molecule has 2 aromatic heterocycles. The van der Waals surface area contributed by atoms with E-state index in [0.29, 0.717) is 21.9 Å². The van der Waals surface area contributed by atoms with E-state index in [9.17, 15) is 9.59 Å². The molecule has 0 unspecified atom stereocenters. The van der Waals surface area contributed by atoms with E-state index in [0.717, 1.165) is 26.7 Å². The highest BCUT2D eigenvalue weighted by Crippen LogP contribution is 2.48. The molecule has 0 radical (unpaired) electrons. The zero-order valence-corrected chi connectivity index (χ0v) is 18.3. The molecule has 7 heteroatoms. The Labute approximate surface area is 182 Å². The number of fused-ring (bicyclic) bond motifs is 2. The molecule has 31 heavy (non-hydrogen) atoms. The minimum Gasteiger partial charge on any atom is -0.497 e. The molecule has 1 aliphatic rings. The average molecular weight is 433 g/mol. The number of methoxy groups -OCH3 is 2. The van der Waals surface area contributed by atoms with E-state index in [2.05, 4.69) is 0 Å². The van der Waals surface area contributed by atoms with E-state index >= 15 is 0 Å². The van der Waals surface area contributed by atoms with Crippen molar-refractivity contribution in [2.75, 3.05) is 14.2 Å². The van der Waals surface area contributed by atoms with Gasteiger partial charge in [-0.2, -0.15) is 0 Å². The number of aromatic nitrogens is 1. The number of rotatable bonds is 4. The molecule has 0 aliphatic carbocycles. The second kappa shape index (κ2) is 6.99. The molecule has 6 nitrogen and oxygen atoms in total. The average Bonchev–Trinajstić information content (AvgIpc) is 3.36. The van der Waals surface area contributed by atoms with Crippen LogP contribution < -0.4 is 9.47 Å². The Hall–Kier alpha value is -3.58. The predicted molar refractivity (Wildman–Crippen MR) is 120 cm³/mol. The fourth-order valence-corrected chi connectivity index (χ4v) is 5.27. The molecule has 0 saturated heterocycles. The summed E-state index contributed by atoms with van der Waals surface area (Å²) in [6.45, 7) is 1.92. The summed E-state index contributed by atoms with van der Waals surface area (Å²) in [5.41, 5.74) is 3.52. The Bertz CT molecular complexity index is 1440. The van der Waals surface area contributed by atoms with Gasteiger partial charge in [0.05, 0.1) is 30.9 Å². The molecule has 0 N–H and O–H groups in total. The van der Waals surface area contributed by atoms with Crippen molar-refractivity contribution in [3.05, 3.63) is 59.3 Å². The Morgan fingerprint density at radius 1 is 0.903 bits per heavy atom. The molecular formula is C24H19NO5S. The molecule has 0 spiro atoms. The molecule has 1 aliphatic heterocycles. The quantitative estimate of drug-likeness (QED) is 0.344. The lowest BCUT2D eigenvalue weighted by atomic mass is 9.93. The van der Waals surface area contributed by atoms with Crippen molar-refractivity contribution in [1.29, 1.82) is 0 Å². The molecule has 5 rings (SSSR count). The van der Waals surface area contributed by atoms with Gasteiger partial charge in [0.25, 0.3) is 0 Å². The number of ether oxygens (including phenoxy) is 3. The third kappa shape index (κ3) is 2.70. The number of aryl methyl sites for hydroxylation is 1. The van der Waals surface area contributed by atoms with Crippen molar-refractivity contribution in [2.24, 2.45) is 7.05 Å². The van der Waals surface area contributed by atoms with Crippen molar-refractivity contribution < 1.29 is 23.8 Å². The van der Waals surface area contributed by atoms with E-state index < -0.39 is 11.9 Å². The van der Waals surface area contributed by atoms with Crippen LogP contribution in [0.2, 0.25) is 0 Å². The molecule has 0 bridgehead atoms. The second-order valence-corrected chi connectivity index (χ2v) is 8.31. The van der Waals surface area contributed by atoms with Crippen molar-refractivity contribution in [2.45, 2.75) is 6.92 Å². The third-order valence-corrected chi connectivity index (χ3v) is 6.92. The summed E-state index contributed by atoms with van der Waals surface area (Å²) in [5, 5.41) is 2.23. The van der Waals surface area contributed by atoms with Crippen LogP contribution >= 0.6 is 11.3 Å². The Balaban J connectivity index is 1.92. The molecule has 156 valence electrons. The van der Waals surface area contributed by atoms with Crippen LogP contribution in [0.1, 0.15) is 16.8 Å². The summed E-state index contributed by atoms with van der Waals surface area (Å²) in [6, 6.07) is 13.4. The number of nitrogens with zero attached hydrogens (tertiary/aromatic N) is 1. The molecule has 0 amide bonds. The van der Waals surface area contributed by atoms with Crippen LogP contribution in [-0.2, 0) is 21.4 Å². The lowest BCUT2D eigenvalue weighted by Gasteiger charge is -2.06. The summed E-state index contributed by atoms with van der Waals surface area (Å²) >= 11 is 1.43. The molecule has 4 aromatic rings. The predicted octanol–water partition coefficient (Wildman–Crippen LogP) is 4.71. The number of cyclic esters (lactones) is 2. The lowest BCUT2D eigenvalue weighted by Crippen LogP contribution is -2.02. The maximum Gasteiger partial charge on any atom is 0.347 e. The number of benzene rings is 2. The molecule has 0 saturated carbocycles. The highest BCUT2D eigenvalue weighted by Gasteiger charge is 2.40. The van der Waals surface area contributed by atoms with E-state index in [1.165, 1.54) is 11.3 Å². The Morgan fingerprint density at radius 3 is 2.32 bits per heavy atom. The number of hydrogen-bond acceptors (Lipinski definition) is 6. The van der Waals surface area contributed by atoms with Gasteiger partial charge in [-0.15, -0.1) is 0 Å². The van der Waals surface area contributed by atoms with Crippen LogP contribution in [0, 0.1) is 6.92 Å². The van der Waals surface area contributed by atoms with Crippen molar-refractivity contribution in [1.82, 2.24) is 4.57 Å². The van der Waals surface area contributed by atoms with Crippen LogP contribution in [0.3, 0.4) is 0 Å². The van der Waals surface area contributed by atoms with Crippen LogP contribution in [0.5, 0.6) is 10.8 Å². The Kier molecular flexibility index (Phi) is 4.37. The number of esters is 2. The van der Waals surface area contributed by atoms with Crippen molar-refractivity contribution in [3.8, 4) is 10.8 Å². The van der Waals surface area contributed by atoms with Gasteiger partial charge in [0.1, 0.15) is 5.75 Å². The van der Waals surface area contributed by atoms with Gasteiger partial charge in [-0.25, -0.2) is 9.59 Å². The highest BCUT2D eigenvalue weighted by atomic mass is 32.1. The maximum atomic E-state index is 13.0. The van der Waals surface area contributed by atoms with E-state index in [4.69, 9.17) is 14.2 Å². The fraction of sp³-hybridized carbons (Fsp3) is 0.167. The van der Waals surface area contributed by atoms with Crippen molar-refractivity contribution in [3.63, 3.8) is 0 Å².